The minimum Gasteiger partial charge on any atom is -0.366 e. The Hall–Kier alpha value is -2.54. The van der Waals surface area contributed by atoms with Crippen LogP contribution < -0.4 is 10.2 Å². The summed E-state index contributed by atoms with van der Waals surface area (Å²) in [6.45, 7) is 7.32. The third-order valence-electron chi connectivity index (χ3n) is 5.16. The maximum absolute atomic E-state index is 11.4. The summed E-state index contributed by atoms with van der Waals surface area (Å²) in [7, 11) is 0. The van der Waals surface area contributed by atoms with Crippen molar-refractivity contribution in [3.63, 3.8) is 0 Å². The van der Waals surface area contributed by atoms with Gasteiger partial charge in [0.15, 0.2) is 5.65 Å². The SMILES string of the molecule is CSc1ccc(-c2c(C)nc3c(N4CCC(NC(C)=O)C4)cc(C)nn23)cc1. The molecule has 0 radical (unpaired) electrons. The van der Waals surface area contributed by atoms with Crippen molar-refractivity contribution in [2.24, 2.45) is 0 Å². The van der Waals surface area contributed by atoms with Crippen LogP contribution in [0.25, 0.3) is 16.9 Å². The van der Waals surface area contributed by atoms with Gasteiger partial charge >= 0.3 is 0 Å². The number of anilines is 1. The van der Waals surface area contributed by atoms with Gasteiger partial charge in [-0.15, -0.1) is 11.8 Å². The molecular weight excluding hydrogens is 370 g/mol. The molecule has 1 atom stereocenters. The average molecular weight is 396 g/mol. The molecule has 0 bridgehead atoms. The number of carbonyl (C=O) groups is 1. The lowest BCUT2D eigenvalue weighted by Gasteiger charge is -2.20. The zero-order chi connectivity index (χ0) is 19.8. The largest absolute Gasteiger partial charge is 0.366 e. The molecule has 1 unspecified atom stereocenters. The molecule has 1 fully saturated rings. The van der Waals surface area contributed by atoms with Gasteiger partial charge in [-0.1, -0.05) is 12.1 Å². The van der Waals surface area contributed by atoms with Crippen LogP contribution in [0.3, 0.4) is 0 Å². The molecule has 3 heterocycles. The standard InChI is InChI=1S/C21H25N5OS/c1-13-11-19(25-10-9-17(12-25)23-15(3)27)21-22-14(2)20(26(21)24-13)16-5-7-18(28-4)8-6-16/h5-8,11,17H,9-10,12H2,1-4H3,(H,23,27). The average Bonchev–Trinajstić information content (AvgIpc) is 3.24. The van der Waals surface area contributed by atoms with Crippen LogP contribution in [0.4, 0.5) is 5.69 Å². The third kappa shape index (κ3) is 3.46. The number of amides is 1. The Balaban J connectivity index is 1.77. The van der Waals surface area contributed by atoms with Gasteiger partial charge in [0, 0.05) is 36.5 Å². The Bertz CT molecular complexity index is 1030. The summed E-state index contributed by atoms with van der Waals surface area (Å²) in [5, 5.41) is 7.80. The third-order valence-corrected chi connectivity index (χ3v) is 5.90. The first-order chi connectivity index (χ1) is 13.5. The summed E-state index contributed by atoms with van der Waals surface area (Å²) in [4.78, 5) is 19.8. The molecule has 2 aromatic heterocycles. The van der Waals surface area contributed by atoms with Crippen molar-refractivity contribution in [2.45, 2.75) is 38.1 Å². The summed E-state index contributed by atoms with van der Waals surface area (Å²) in [5.74, 6) is 0.0236. The Morgan fingerprint density at radius 3 is 2.68 bits per heavy atom. The van der Waals surface area contributed by atoms with Crippen LogP contribution >= 0.6 is 11.8 Å². The van der Waals surface area contributed by atoms with Crippen molar-refractivity contribution in [3.05, 3.63) is 41.7 Å². The normalized spacial score (nSPS) is 16.7. The highest BCUT2D eigenvalue weighted by Gasteiger charge is 2.26. The smallest absolute Gasteiger partial charge is 0.217 e. The van der Waals surface area contributed by atoms with E-state index in [1.165, 1.54) is 4.90 Å². The van der Waals surface area contributed by atoms with Crippen molar-refractivity contribution < 1.29 is 4.79 Å². The Morgan fingerprint density at radius 2 is 2.00 bits per heavy atom. The number of aromatic nitrogens is 3. The van der Waals surface area contributed by atoms with E-state index in [0.29, 0.717) is 0 Å². The van der Waals surface area contributed by atoms with Crippen molar-refractivity contribution in [2.75, 3.05) is 24.2 Å². The first-order valence-electron chi connectivity index (χ1n) is 9.49. The highest BCUT2D eigenvalue weighted by molar-refractivity contribution is 7.98. The first-order valence-corrected chi connectivity index (χ1v) is 10.7. The maximum atomic E-state index is 11.4. The van der Waals surface area contributed by atoms with Gasteiger partial charge in [0.2, 0.25) is 5.91 Å². The molecule has 1 aliphatic rings. The summed E-state index contributed by atoms with van der Waals surface area (Å²) in [6, 6.07) is 10.8. The second-order valence-corrected chi connectivity index (χ2v) is 8.19. The van der Waals surface area contributed by atoms with Gasteiger partial charge in [-0.3, -0.25) is 4.79 Å². The van der Waals surface area contributed by atoms with E-state index in [4.69, 9.17) is 10.1 Å². The second-order valence-electron chi connectivity index (χ2n) is 7.31. The molecule has 4 rings (SSSR count). The number of hydrogen-bond donors (Lipinski definition) is 1. The van der Waals surface area contributed by atoms with Crippen LogP contribution in [-0.4, -0.2) is 45.9 Å². The van der Waals surface area contributed by atoms with Crippen LogP contribution in [0.1, 0.15) is 24.7 Å². The quantitative estimate of drug-likeness (QED) is 0.686. The fourth-order valence-corrected chi connectivity index (χ4v) is 4.34. The van der Waals surface area contributed by atoms with Crippen LogP contribution in [0.5, 0.6) is 0 Å². The summed E-state index contributed by atoms with van der Waals surface area (Å²) in [5.41, 5.74) is 6.01. The van der Waals surface area contributed by atoms with Crippen LogP contribution in [-0.2, 0) is 4.79 Å². The number of nitrogens with one attached hydrogen (secondary N) is 1. The molecule has 1 aliphatic heterocycles. The number of fused-ring (bicyclic) bond motifs is 1. The van der Waals surface area contributed by atoms with E-state index in [0.717, 1.165) is 53.5 Å². The topological polar surface area (TPSA) is 62.5 Å². The van der Waals surface area contributed by atoms with Gasteiger partial charge in [0.25, 0.3) is 0 Å². The van der Waals surface area contributed by atoms with Gasteiger partial charge in [-0.25, -0.2) is 9.50 Å². The number of thioether (sulfide) groups is 1. The lowest BCUT2D eigenvalue weighted by Crippen LogP contribution is -2.35. The lowest BCUT2D eigenvalue weighted by atomic mass is 10.1. The first kappa shape index (κ1) is 18.8. The molecule has 146 valence electrons. The Kier molecular flexibility index (Phi) is 5.02. The number of hydrogen-bond acceptors (Lipinski definition) is 5. The van der Waals surface area contributed by atoms with E-state index < -0.39 is 0 Å². The summed E-state index contributed by atoms with van der Waals surface area (Å²) < 4.78 is 1.97. The van der Waals surface area contributed by atoms with Gasteiger partial charge in [-0.05, 0) is 44.7 Å². The summed E-state index contributed by atoms with van der Waals surface area (Å²) >= 11 is 1.73. The molecule has 1 aromatic carbocycles. The minimum absolute atomic E-state index is 0.0236. The minimum atomic E-state index is 0.0236. The number of imidazole rings is 1. The number of aryl methyl sites for hydroxylation is 2. The molecular formula is C21H25N5OS. The van der Waals surface area contributed by atoms with Crippen molar-refractivity contribution in [1.29, 1.82) is 0 Å². The van der Waals surface area contributed by atoms with Crippen LogP contribution in [0.2, 0.25) is 0 Å². The molecule has 7 heteroatoms. The fraction of sp³-hybridized carbons (Fsp3) is 0.381. The molecule has 6 nitrogen and oxygen atoms in total. The van der Waals surface area contributed by atoms with E-state index >= 15 is 0 Å². The van der Waals surface area contributed by atoms with E-state index in [-0.39, 0.29) is 11.9 Å². The van der Waals surface area contributed by atoms with Gasteiger partial charge in [-0.2, -0.15) is 5.10 Å². The highest BCUT2D eigenvalue weighted by Crippen LogP contribution is 2.32. The van der Waals surface area contributed by atoms with Gasteiger partial charge < -0.3 is 10.2 Å². The van der Waals surface area contributed by atoms with E-state index in [1.54, 1.807) is 18.7 Å². The molecule has 1 N–H and O–H groups in total. The molecule has 0 saturated carbocycles. The van der Waals surface area contributed by atoms with Gasteiger partial charge in [0.1, 0.15) is 0 Å². The van der Waals surface area contributed by atoms with Crippen LogP contribution in [0.15, 0.2) is 35.2 Å². The van der Waals surface area contributed by atoms with Crippen LogP contribution in [0, 0.1) is 13.8 Å². The Labute approximate surface area is 169 Å². The number of rotatable bonds is 4. The zero-order valence-corrected chi connectivity index (χ0v) is 17.5. The lowest BCUT2D eigenvalue weighted by molar-refractivity contribution is -0.119. The molecule has 0 aliphatic carbocycles. The number of benzene rings is 1. The maximum Gasteiger partial charge on any atom is 0.217 e. The second kappa shape index (κ2) is 7.47. The fourth-order valence-electron chi connectivity index (χ4n) is 3.93. The predicted octanol–water partition coefficient (Wildman–Crippen LogP) is 3.45. The van der Waals surface area contributed by atoms with Crippen molar-refractivity contribution in [1.82, 2.24) is 19.9 Å². The van der Waals surface area contributed by atoms with E-state index in [1.807, 2.05) is 18.4 Å². The van der Waals surface area contributed by atoms with Gasteiger partial charge in [0.05, 0.1) is 22.8 Å². The molecule has 28 heavy (non-hydrogen) atoms. The zero-order valence-electron chi connectivity index (χ0n) is 16.7. The highest BCUT2D eigenvalue weighted by atomic mass is 32.2. The number of nitrogens with zero attached hydrogens (tertiary/aromatic N) is 4. The summed E-state index contributed by atoms with van der Waals surface area (Å²) in [6.07, 6.45) is 3.02. The monoisotopic (exact) mass is 395 g/mol. The molecule has 1 amide bonds. The van der Waals surface area contributed by atoms with E-state index in [2.05, 4.69) is 46.8 Å². The molecule has 1 saturated heterocycles. The number of carbonyl (C=O) groups excluding carboxylic acids is 1. The van der Waals surface area contributed by atoms with Crippen molar-refractivity contribution >= 4 is 29.0 Å². The molecule has 0 spiro atoms. The Morgan fingerprint density at radius 1 is 1.25 bits per heavy atom. The molecule has 3 aromatic rings. The van der Waals surface area contributed by atoms with E-state index in [9.17, 15) is 4.79 Å². The predicted molar refractivity (Wildman–Crippen MR) is 114 cm³/mol. The van der Waals surface area contributed by atoms with Crippen molar-refractivity contribution in [3.8, 4) is 11.3 Å².